The summed E-state index contributed by atoms with van der Waals surface area (Å²) in [6, 6.07) is 20.5. The summed E-state index contributed by atoms with van der Waals surface area (Å²) in [5.41, 5.74) is 3.07. The van der Waals surface area contributed by atoms with Crippen molar-refractivity contribution in [1.29, 1.82) is 0 Å². The second-order valence-electron chi connectivity index (χ2n) is 8.68. The van der Waals surface area contributed by atoms with E-state index in [2.05, 4.69) is 34.1 Å². The summed E-state index contributed by atoms with van der Waals surface area (Å²) < 4.78 is 0. The van der Waals surface area contributed by atoms with Crippen LogP contribution in [-0.4, -0.2) is 38.6 Å². The third-order valence-corrected chi connectivity index (χ3v) is 8.38. The molecule has 1 amide bonds. The summed E-state index contributed by atoms with van der Waals surface area (Å²) in [4.78, 5) is 36.5. The number of carbonyl (C=O) groups excluding carboxylic acids is 1. The van der Waals surface area contributed by atoms with Crippen molar-refractivity contribution in [2.45, 2.75) is 43.2 Å². The van der Waals surface area contributed by atoms with E-state index in [9.17, 15) is 9.59 Å². The normalized spacial score (nSPS) is 16.7. The van der Waals surface area contributed by atoms with Crippen LogP contribution in [-0.2, 0) is 17.0 Å². The van der Waals surface area contributed by atoms with Crippen LogP contribution in [0.25, 0.3) is 21.3 Å². The number of rotatable bonds is 7. The number of nitrogens with one attached hydrogen (secondary N) is 1. The van der Waals surface area contributed by atoms with E-state index in [-0.39, 0.29) is 22.8 Å². The number of amides is 1. The molecule has 5 nitrogen and oxygen atoms in total. The van der Waals surface area contributed by atoms with Crippen molar-refractivity contribution in [3.8, 4) is 11.1 Å². The summed E-state index contributed by atoms with van der Waals surface area (Å²) >= 11 is 3.02. The third kappa shape index (κ3) is 4.81. The molecule has 0 spiro atoms. The number of thioether (sulfide) groups is 1. The van der Waals surface area contributed by atoms with Crippen LogP contribution in [0.5, 0.6) is 0 Å². The predicted octanol–water partition coefficient (Wildman–Crippen LogP) is 5.51. The minimum atomic E-state index is -0.194. The van der Waals surface area contributed by atoms with Crippen LogP contribution in [0.2, 0.25) is 0 Å². The van der Waals surface area contributed by atoms with E-state index in [1.54, 1.807) is 0 Å². The van der Waals surface area contributed by atoms with Gasteiger partial charge in [-0.25, -0.2) is 4.98 Å². The Morgan fingerprint density at radius 3 is 2.68 bits per heavy atom. The molecule has 2 atom stereocenters. The molecule has 1 fully saturated rings. The Kier molecular flexibility index (Phi) is 6.83. The molecular formula is C27H27N3O2S2. The van der Waals surface area contributed by atoms with E-state index < -0.39 is 0 Å². The lowest BCUT2D eigenvalue weighted by Gasteiger charge is -2.27. The zero-order chi connectivity index (χ0) is 23.5. The number of nitrogens with zero attached hydrogens (tertiary/aromatic N) is 2. The van der Waals surface area contributed by atoms with Crippen molar-refractivity contribution in [3.63, 3.8) is 0 Å². The first-order valence-corrected chi connectivity index (χ1v) is 13.5. The molecule has 0 unspecified atom stereocenters. The number of likely N-dealkylation sites (tertiary alicyclic amines) is 1. The van der Waals surface area contributed by atoms with Gasteiger partial charge >= 0.3 is 0 Å². The first-order chi connectivity index (χ1) is 16.6. The van der Waals surface area contributed by atoms with Crippen LogP contribution < -0.4 is 5.56 Å². The standard InChI is InChI=1S/C27H27N3O2S2/c1-18(27(32)30-14-8-13-21(30)15-19-9-4-2-5-10-19)33-17-23-28-25(31)24-22(16-34-26(24)29-23)20-11-6-3-7-12-20/h2-7,9-12,16,18,21H,8,13-15,17H2,1H3,(H,28,29,31)/t18-,21+/m1/s1. The zero-order valence-corrected chi connectivity index (χ0v) is 20.7. The van der Waals surface area contributed by atoms with Gasteiger partial charge in [0.1, 0.15) is 10.7 Å². The second kappa shape index (κ2) is 10.2. The topological polar surface area (TPSA) is 66.1 Å². The Morgan fingerprint density at radius 2 is 1.91 bits per heavy atom. The highest BCUT2D eigenvalue weighted by molar-refractivity contribution is 7.99. The van der Waals surface area contributed by atoms with Crippen LogP contribution >= 0.6 is 23.1 Å². The highest BCUT2D eigenvalue weighted by Crippen LogP contribution is 2.31. The minimum Gasteiger partial charge on any atom is -0.338 e. The number of aromatic amines is 1. The Labute approximate surface area is 207 Å². The van der Waals surface area contributed by atoms with Gasteiger partial charge in [-0.2, -0.15) is 0 Å². The van der Waals surface area contributed by atoms with Crippen molar-refractivity contribution >= 4 is 39.2 Å². The fourth-order valence-corrected chi connectivity index (χ4v) is 6.41. The molecule has 0 radical (unpaired) electrons. The van der Waals surface area contributed by atoms with Gasteiger partial charge in [0.15, 0.2) is 0 Å². The number of aromatic nitrogens is 2. The molecule has 0 saturated carbocycles. The molecule has 34 heavy (non-hydrogen) atoms. The molecule has 0 bridgehead atoms. The zero-order valence-electron chi connectivity index (χ0n) is 19.1. The fourth-order valence-electron chi connectivity index (χ4n) is 4.62. The molecular weight excluding hydrogens is 462 g/mol. The monoisotopic (exact) mass is 489 g/mol. The summed E-state index contributed by atoms with van der Waals surface area (Å²) in [6.07, 6.45) is 3.00. The number of thiophene rings is 1. The van der Waals surface area contributed by atoms with E-state index in [1.165, 1.54) is 28.7 Å². The number of H-pyrrole nitrogens is 1. The van der Waals surface area contributed by atoms with Gasteiger partial charge in [-0.05, 0) is 37.3 Å². The Bertz CT molecular complexity index is 1330. The van der Waals surface area contributed by atoms with E-state index in [1.807, 2.05) is 48.7 Å². The van der Waals surface area contributed by atoms with E-state index in [0.29, 0.717) is 17.0 Å². The van der Waals surface area contributed by atoms with Gasteiger partial charge in [0.25, 0.3) is 5.56 Å². The Balaban J connectivity index is 1.26. The SMILES string of the molecule is C[C@@H](SCc1nc2scc(-c3ccccc3)c2c(=O)[nH]1)C(=O)N1CCC[C@H]1Cc1ccccc1. The summed E-state index contributed by atoms with van der Waals surface area (Å²) in [5.74, 6) is 1.29. The first-order valence-electron chi connectivity index (χ1n) is 11.6. The molecule has 3 heterocycles. The number of hydrogen-bond donors (Lipinski definition) is 1. The molecule has 1 N–H and O–H groups in total. The van der Waals surface area contributed by atoms with Crippen LogP contribution in [0.15, 0.2) is 70.8 Å². The molecule has 4 aromatic rings. The minimum absolute atomic E-state index is 0.123. The van der Waals surface area contributed by atoms with Crippen LogP contribution in [0.4, 0.5) is 0 Å². The summed E-state index contributed by atoms with van der Waals surface area (Å²) in [7, 11) is 0. The maximum Gasteiger partial charge on any atom is 0.260 e. The van der Waals surface area contributed by atoms with Crippen LogP contribution in [0.3, 0.4) is 0 Å². The third-order valence-electron chi connectivity index (χ3n) is 6.37. The van der Waals surface area contributed by atoms with Gasteiger partial charge in [0.05, 0.1) is 16.4 Å². The fraction of sp³-hybridized carbons (Fsp3) is 0.296. The average Bonchev–Trinajstić information content (AvgIpc) is 3.51. The Morgan fingerprint density at radius 1 is 1.18 bits per heavy atom. The van der Waals surface area contributed by atoms with Gasteiger partial charge in [-0.15, -0.1) is 23.1 Å². The molecule has 1 aliphatic rings. The number of hydrogen-bond acceptors (Lipinski definition) is 5. The van der Waals surface area contributed by atoms with Crippen LogP contribution in [0, 0.1) is 0 Å². The molecule has 1 saturated heterocycles. The summed E-state index contributed by atoms with van der Waals surface area (Å²) in [5, 5.41) is 2.43. The summed E-state index contributed by atoms with van der Waals surface area (Å²) in [6.45, 7) is 2.78. The lowest BCUT2D eigenvalue weighted by molar-refractivity contribution is -0.131. The van der Waals surface area contributed by atoms with Gasteiger partial charge in [0, 0.05) is 23.5 Å². The van der Waals surface area contributed by atoms with Gasteiger partial charge < -0.3 is 9.88 Å². The smallest absolute Gasteiger partial charge is 0.260 e. The van der Waals surface area contributed by atoms with Crippen molar-refractivity contribution in [1.82, 2.24) is 14.9 Å². The highest BCUT2D eigenvalue weighted by atomic mass is 32.2. The molecule has 174 valence electrons. The molecule has 1 aliphatic heterocycles. The molecule has 0 aliphatic carbocycles. The van der Waals surface area contributed by atoms with Crippen molar-refractivity contribution in [2.24, 2.45) is 0 Å². The van der Waals surface area contributed by atoms with Gasteiger partial charge in [-0.1, -0.05) is 60.7 Å². The number of fused-ring (bicyclic) bond motifs is 1. The maximum absolute atomic E-state index is 13.2. The van der Waals surface area contributed by atoms with E-state index >= 15 is 0 Å². The molecule has 7 heteroatoms. The van der Waals surface area contributed by atoms with Crippen LogP contribution in [0.1, 0.15) is 31.2 Å². The van der Waals surface area contributed by atoms with Gasteiger partial charge in [0.2, 0.25) is 5.91 Å². The quantitative estimate of drug-likeness (QED) is 0.372. The van der Waals surface area contributed by atoms with Gasteiger partial charge in [-0.3, -0.25) is 9.59 Å². The number of benzene rings is 2. The second-order valence-corrected chi connectivity index (χ2v) is 10.9. The number of carbonyl (C=O) groups is 1. The molecule has 5 rings (SSSR count). The molecule has 2 aromatic carbocycles. The van der Waals surface area contributed by atoms with Crippen molar-refractivity contribution in [2.75, 3.05) is 6.54 Å². The largest absolute Gasteiger partial charge is 0.338 e. The lowest BCUT2D eigenvalue weighted by atomic mass is 10.0. The van der Waals surface area contributed by atoms with E-state index in [4.69, 9.17) is 4.98 Å². The highest BCUT2D eigenvalue weighted by Gasteiger charge is 2.31. The van der Waals surface area contributed by atoms with Crippen molar-refractivity contribution in [3.05, 3.63) is 87.8 Å². The first kappa shape index (κ1) is 22.9. The maximum atomic E-state index is 13.2. The average molecular weight is 490 g/mol. The predicted molar refractivity (Wildman–Crippen MR) is 141 cm³/mol. The van der Waals surface area contributed by atoms with Crippen molar-refractivity contribution < 1.29 is 4.79 Å². The lowest BCUT2D eigenvalue weighted by Crippen LogP contribution is -2.41. The van der Waals surface area contributed by atoms with E-state index in [0.717, 1.165) is 41.8 Å². The molecule has 2 aromatic heterocycles. The Hall–Kier alpha value is -2.90.